The van der Waals surface area contributed by atoms with E-state index < -0.39 is 0 Å². The average molecular weight is 254 g/mol. The van der Waals surface area contributed by atoms with Crippen LogP contribution in [0.15, 0.2) is 0 Å². The van der Waals surface area contributed by atoms with Crippen LogP contribution in [-0.4, -0.2) is 49.8 Å². The molecule has 2 fully saturated rings. The number of unbranched alkanes of at least 4 members (excludes halogenated alkanes) is 1. The minimum Gasteiger partial charge on any atom is -0.385 e. The molecule has 0 aromatic rings. The Morgan fingerprint density at radius 3 is 2.72 bits per heavy atom. The van der Waals surface area contributed by atoms with Gasteiger partial charge in [-0.05, 0) is 38.6 Å². The van der Waals surface area contributed by atoms with Crippen LogP contribution < -0.4 is 5.32 Å². The van der Waals surface area contributed by atoms with E-state index in [1.54, 1.807) is 7.11 Å². The molecule has 1 saturated heterocycles. The molecule has 1 aliphatic heterocycles. The molecule has 1 heterocycles. The van der Waals surface area contributed by atoms with Gasteiger partial charge in [0.1, 0.15) is 0 Å². The smallest absolute Gasteiger partial charge is 0.0462 e. The van der Waals surface area contributed by atoms with Crippen molar-refractivity contribution in [2.45, 2.75) is 63.5 Å². The summed E-state index contributed by atoms with van der Waals surface area (Å²) in [6, 6.07) is 0.707. The molecule has 0 radical (unpaired) electrons. The van der Waals surface area contributed by atoms with E-state index in [0.717, 1.165) is 6.61 Å². The molecule has 3 nitrogen and oxygen atoms in total. The molecular formula is C15H30N2O. The van der Waals surface area contributed by atoms with Gasteiger partial charge in [0.2, 0.25) is 0 Å². The maximum atomic E-state index is 5.16. The molecule has 0 amide bonds. The van der Waals surface area contributed by atoms with Gasteiger partial charge in [0.25, 0.3) is 0 Å². The number of rotatable bonds is 6. The lowest BCUT2D eigenvalue weighted by atomic mass is 9.90. The van der Waals surface area contributed by atoms with E-state index in [1.165, 1.54) is 64.6 Å². The Morgan fingerprint density at radius 2 is 2.06 bits per heavy atom. The molecule has 18 heavy (non-hydrogen) atoms. The van der Waals surface area contributed by atoms with E-state index in [4.69, 9.17) is 4.74 Å². The first-order valence-electron chi connectivity index (χ1n) is 7.78. The minimum absolute atomic E-state index is 0.499. The van der Waals surface area contributed by atoms with E-state index in [9.17, 15) is 0 Å². The van der Waals surface area contributed by atoms with Crippen LogP contribution in [-0.2, 0) is 4.74 Å². The molecule has 0 bridgehead atoms. The van der Waals surface area contributed by atoms with Crippen LogP contribution >= 0.6 is 0 Å². The molecule has 0 aromatic heterocycles. The van der Waals surface area contributed by atoms with Crippen molar-refractivity contribution in [2.75, 3.05) is 33.4 Å². The van der Waals surface area contributed by atoms with Crippen molar-refractivity contribution in [2.24, 2.45) is 0 Å². The highest BCUT2D eigenvalue weighted by Gasteiger charge is 2.42. The molecule has 1 atom stereocenters. The van der Waals surface area contributed by atoms with Crippen molar-refractivity contribution in [1.82, 2.24) is 10.2 Å². The molecule has 1 unspecified atom stereocenters. The molecule has 1 aliphatic carbocycles. The third-order valence-corrected chi connectivity index (χ3v) is 4.88. The Hall–Kier alpha value is -0.120. The molecule has 3 heteroatoms. The van der Waals surface area contributed by atoms with Crippen LogP contribution in [0.4, 0.5) is 0 Å². The van der Waals surface area contributed by atoms with Crippen LogP contribution in [0.1, 0.15) is 51.9 Å². The van der Waals surface area contributed by atoms with Crippen molar-refractivity contribution >= 4 is 0 Å². The second-order valence-electron chi connectivity index (χ2n) is 6.06. The van der Waals surface area contributed by atoms with Crippen LogP contribution in [0.3, 0.4) is 0 Å². The second-order valence-corrected chi connectivity index (χ2v) is 6.06. The first-order valence-corrected chi connectivity index (χ1v) is 7.78. The number of nitrogens with zero attached hydrogens (tertiary/aromatic N) is 1. The lowest BCUT2D eigenvalue weighted by Gasteiger charge is -2.48. The summed E-state index contributed by atoms with van der Waals surface area (Å²) in [5, 5.41) is 3.77. The van der Waals surface area contributed by atoms with Gasteiger partial charge in [-0.15, -0.1) is 0 Å². The van der Waals surface area contributed by atoms with E-state index in [2.05, 4.69) is 17.1 Å². The summed E-state index contributed by atoms with van der Waals surface area (Å²) < 4.78 is 5.16. The summed E-state index contributed by atoms with van der Waals surface area (Å²) >= 11 is 0. The van der Waals surface area contributed by atoms with Crippen molar-refractivity contribution < 1.29 is 4.74 Å². The lowest BCUT2D eigenvalue weighted by molar-refractivity contribution is 0.0389. The summed E-state index contributed by atoms with van der Waals surface area (Å²) in [5.41, 5.74) is 0.499. The first kappa shape index (κ1) is 14.3. The summed E-state index contributed by atoms with van der Waals surface area (Å²) in [7, 11) is 1.80. The number of hydrogen-bond donors (Lipinski definition) is 1. The fourth-order valence-electron chi connectivity index (χ4n) is 3.65. The number of ether oxygens (including phenoxy) is 1. The zero-order valence-electron chi connectivity index (χ0n) is 12.2. The predicted molar refractivity (Wildman–Crippen MR) is 76.0 cm³/mol. The Bertz CT molecular complexity index is 239. The van der Waals surface area contributed by atoms with Crippen LogP contribution in [0.2, 0.25) is 0 Å². The van der Waals surface area contributed by atoms with Gasteiger partial charge in [-0.3, -0.25) is 4.90 Å². The molecule has 106 valence electrons. The Kier molecular flexibility index (Phi) is 5.46. The number of hydrogen-bond acceptors (Lipinski definition) is 3. The van der Waals surface area contributed by atoms with Gasteiger partial charge in [-0.2, -0.15) is 0 Å². The fraction of sp³-hybridized carbons (Fsp3) is 1.00. The maximum absolute atomic E-state index is 5.16. The van der Waals surface area contributed by atoms with Gasteiger partial charge in [-0.1, -0.05) is 19.8 Å². The van der Waals surface area contributed by atoms with Crippen LogP contribution in [0.5, 0.6) is 0 Å². The molecule has 2 aliphatic rings. The first-order chi connectivity index (χ1) is 8.80. The Labute approximate surface area is 112 Å². The third kappa shape index (κ3) is 3.25. The molecule has 1 N–H and O–H groups in total. The van der Waals surface area contributed by atoms with Crippen LogP contribution in [0.25, 0.3) is 0 Å². The fourth-order valence-corrected chi connectivity index (χ4v) is 3.65. The van der Waals surface area contributed by atoms with E-state index >= 15 is 0 Å². The molecule has 0 aromatic carbocycles. The largest absolute Gasteiger partial charge is 0.385 e. The average Bonchev–Trinajstić information content (AvgIpc) is 2.86. The quantitative estimate of drug-likeness (QED) is 0.737. The van der Waals surface area contributed by atoms with E-state index in [1.807, 2.05) is 0 Å². The monoisotopic (exact) mass is 254 g/mol. The van der Waals surface area contributed by atoms with Crippen LogP contribution in [0, 0.1) is 0 Å². The highest BCUT2D eigenvalue weighted by molar-refractivity contribution is 5.01. The SMILES string of the molecule is CCC1CN(CCCCOC)C2(CCCC2)CN1. The molecule has 1 spiro atoms. The summed E-state index contributed by atoms with van der Waals surface area (Å²) in [4.78, 5) is 2.81. The highest BCUT2D eigenvalue weighted by Crippen LogP contribution is 2.37. The van der Waals surface area contributed by atoms with Crippen molar-refractivity contribution in [3.05, 3.63) is 0 Å². The topological polar surface area (TPSA) is 24.5 Å². The normalized spacial score (nSPS) is 28.0. The summed E-state index contributed by atoms with van der Waals surface area (Å²) in [5.74, 6) is 0. The van der Waals surface area contributed by atoms with Gasteiger partial charge >= 0.3 is 0 Å². The van der Waals surface area contributed by atoms with Crippen molar-refractivity contribution in [3.63, 3.8) is 0 Å². The summed E-state index contributed by atoms with van der Waals surface area (Å²) in [6.45, 7) is 6.95. The lowest BCUT2D eigenvalue weighted by Crippen LogP contribution is -2.63. The van der Waals surface area contributed by atoms with Gasteiger partial charge in [0.05, 0.1) is 0 Å². The zero-order valence-corrected chi connectivity index (χ0v) is 12.2. The standard InChI is InChI=1S/C15H30N2O/c1-3-14-12-17(10-6-7-11-18-2)15(13-16-14)8-4-5-9-15/h14,16H,3-13H2,1-2H3. The van der Waals surface area contributed by atoms with Crippen molar-refractivity contribution in [1.29, 1.82) is 0 Å². The number of methoxy groups -OCH3 is 1. The van der Waals surface area contributed by atoms with Gasteiger partial charge in [0, 0.05) is 38.4 Å². The highest BCUT2D eigenvalue weighted by atomic mass is 16.5. The Morgan fingerprint density at radius 1 is 1.28 bits per heavy atom. The maximum Gasteiger partial charge on any atom is 0.0462 e. The predicted octanol–water partition coefficient (Wildman–Crippen LogP) is 2.41. The second kappa shape index (κ2) is 6.88. The van der Waals surface area contributed by atoms with Gasteiger partial charge in [0.15, 0.2) is 0 Å². The minimum atomic E-state index is 0.499. The third-order valence-electron chi connectivity index (χ3n) is 4.88. The zero-order chi connectivity index (χ0) is 12.8. The molecule has 1 saturated carbocycles. The van der Waals surface area contributed by atoms with Gasteiger partial charge < -0.3 is 10.1 Å². The van der Waals surface area contributed by atoms with Gasteiger partial charge in [-0.25, -0.2) is 0 Å². The molecule has 2 rings (SSSR count). The van der Waals surface area contributed by atoms with E-state index in [0.29, 0.717) is 11.6 Å². The molecular weight excluding hydrogens is 224 g/mol. The van der Waals surface area contributed by atoms with E-state index in [-0.39, 0.29) is 0 Å². The van der Waals surface area contributed by atoms with Crippen molar-refractivity contribution in [3.8, 4) is 0 Å². The number of piperazine rings is 1. The Balaban J connectivity index is 1.87. The number of nitrogens with one attached hydrogen (secondary N) is 1. The summed E-state index contributed by atoms with van der Waals surface area (Å²) in [6.07, 6.45) is 9.39.